The van der Waals surface area contributed by atoms with Crippen molar-refractivity contribution in [1.82, 2.24) is 20.0 Å². The van der Waals surface area contributed by atoms with Crippen LogP contribution < -0.4 is 10.6 Å². The van der Waals surface area contributed by atoms with E-state index in [-0.39, 0.29) is 11.9 Å². The standard InChI is InChI=1S/C31H27ClFN7/c1-2-27(19-8-4-3-5-9-19)37-29-20(16-34)17-35-30-24(29)14-21(15-25(30)32)36-31(23-10-6-7-11-26(23)33)28-18-40(39-38-28)22-12-13-22/h3-11,14-15,17-18,22,27,31,36H,2,12-13H2,1H3,(H,35,37). The number of nitrogens with zero attached hydrogens (tertiary/aromatic N) is 5. The number of aromatic nitrogens is 4. The largest absolute Gasteiger partial charge is 0.377 e. The van der Waals surface area contributed by atoms with E-state index in [4.69, 9.17) is 11.6 Å². The molecule has 0 amide bonds. The highest BCUT2D eigenvalue weighted by Crippen LogP contribution is 2.38. The van der Waals surface area contributed by atoms with Gasteiger partial charge in [-0.05, 0) is 43.0 Å². The van der Waals surface area contributed by atoms with Crippen molar-refractivity contribution in [1.29, 1.82) is 5.26 Å². The first-order valence-corrected chi connectivity index (χ1v) is 13.7. The van der Waals surface area contributed by atoms with Crippen LogP contribution in [0.5, 0.6) is 0 Å². The molecule has 2 heterocycles. The van der Waals surface area contributed by atoms with E-state index >= 15 is 4.39 Å². The fraction of sp³-hybridized carbons (Fsp3) is 0.226. The van der Waals surface area contributed by atoms with Gasteiger partial charge in [-0.25, -0.2) is 9.07 Å². The second kappa shape index (κ2) is 10.9. The molecule has 1 aliphatic carbocycles. The summed E-state index contributed by atoms with van der Waals surface area (Å²) in [6.45, 7) is 2.09. The fourth-order valence-electron chi connectivity index (χ4n) is 4.99. The van der Waals surface area contributed by atoms with Crippen LogP contribution in [-0.4, -0.2) is 20.0 Å². The Morgan fingerprint density at radius 1 is 1.10 bits per heavy atom. The predicted octanol–water partition coefficient (Wildman–Crippen LogP) is 7.59. The topological polar surface area (TPSA) is 91.5 Å². The molecule has 9 heteroatoms. The number of hydrogen-bond acceptors (Lipinski definition) is 6. The molecule has 3 aromatic carbocycles. The first-order valence-electron chi connectivity index (χ1n) is 13.3. The number of nitrogens with one attached hydrogen (secondary N) is 2. The molecule has 1 fully saturated rings. The van der Waals surface area contributed by atoms with Gasteiger partial charge in [0.25, 0.3) is 0 Å². The van der Waals surface area contributed by atoms with E-state index in [2.05, 4.69) is 51.1 Å². The lowest BCUT2D eigenvalue weighted by Crippen LogP contribution is -2.15. The van der Waals surface area contributed by atoms with E-state index in [9.17, 15) is 5.26 Å². The lowest BCUT2D eigenvalue weighted by molar-refractivity contribution is 0.601. The number of halogens is 2. The highest BCUT2D eigenvalue weighted by atomic mass is 35.5. The molecule has 0 saturated heterocycles. The smallest absolute Gasteiger partial charge is 0.128 e. The first kappa shape index (κ1) is 25.8. The third kappa shape index (κ3) is 5.08. The van der Waals surface area contributed by atoms with Gasteiger partial charge < -0.3 is 10.6 Å². The molecular weight excluding hydrogens is 525 g/mol. The third-order valence-corrected chi connectivity index (χ3v) is 7.53. The molecule has 2 atom stereocenters. The normalized spacial score (nSPS) is 14.4. The summed E-state index contributed by atoms with van der Waals surface area (Å²) in [7, 11) is 0. The summed E-state index contributed by atoms with van der Waals surface area (Å²) in [6.07, 6.45) is 6.34. The SMILES string of the molecule is CCC(Nc1c(C#N)cnc2c(Cl)cc(NC(c3cn(C4CC4)nn3)c3ccccc3F)cc12)c1ccccc1. The van der Waals surface area contributed by atoms with Crippen LogP contribution in [0.15, 0.2) is 79.1 Å². The van der Waals surface area contributed by atoms with Gasteiger partial charge >= 0.3 is 0 Å². The number of hydrogen-bond donors (Lipinski definition) is 2. The van der Waals surface area contributed by atoms with E-state index < -0.39 is 6.04 Å². The first-order chi connectivity index (χ1) is 19.6. The van der Waals surface area contributed by atoms with E-state index in [1.54, 1.807) is 30.5 Å². The van der Waals surface area contributed by atoms with Crippen LogP contribution in [0, 0.1) is 17.1 Å². The fourth-order valence-corrected chi connectivity index (χ4v) is 5.26. The number of anilines is 2. The van der Waals surface area contributed by atoms with Gasteiger partial charge in [-0.3, -0.25) is 4.98 Å². The van der Waals surface area contributed by atoms with Crippen LogP contribution >= 0.6 is 11.6 Å². The number of nitriles is 1. The molecule has 0 aliphatic heterocycles. The molecule has 0 bridgehead atoms. The molecule has 2 unspecified atom stereocenters. The van der Waals surface area contributed by atoms with Crippen molar-refractivity contribution in [3.8, 4) is 6.07 Å². The Kier molecular flexibility index (Phi) is 7.06. The van der Waals surface area contributed by atoms with E-state index in [1.165, 1.54) is 6.07 Å². The average molecular weight is 552 g/mol. The number of benzene rings is 3. The minimum atomic E-state index is -0.613. The Bertz CT molecular complexity index is 1710. The van der Waals surface area contributed by atoms with Gasteiger partial charge in [0.1, 0.15) is 23.6 Å². The molecule has 2 N–H and O–H groups in total. The van der Waals surface area contributed by atoms with Crippen molar-refractivity contribution in [2.24, 2.45) is 0 Å². The van der Waals surface area contributed by atoms with Crippen molar-refractivity contribution >= 4 is 33.9 Å². The molecular formula is C31H27ClFN7. The van der Waals surface area contributed by atoms with Crippen molar-refractivity contribution < 1.29 is 4.39 Å². The van der Waals surface area contributed by atoms with Gasteiger partial charge in [0.15, 0.2) is 0 Å². The Labute approximate surface area is 236 Å². The summed E-state index contributed by atoms with van der Waals surface area (Å²) >= 11 is 6.76. The van der Waals surface area contributed by atoms with Crippen LogP contribution in [-0.2, 0) is 0 Å². The maximum absolute atomic E-state index is 15.1. The number of pyridine rings is 1. The van der Waals surface area contributed by atoms with Crippen LogP contribution in [0.4, 0.5) is 15.8 Å². The third-order valence-electron chi connectivity index (χ3n) is 7.25. The van der Waals surface area contributed by atoms with Crippen molar-refractivity contribution in [3.05, 3.63) is 112 Å². The predicted molar refractivity (Wildman–Crippen MR) is 155 cm³/mol. The average Bonchev–Trinajstić information content (AvgIpc) is 3.72. The quantitative estimate of drug-likeness (QED) is 0.196. The van der Waals surface area contributed by atoms with Crippen LogP contribution in [0.25, 0.3) is 10.9 Å². The second-order valence-corrected chi connectivity index (χ2v) is 10.4. The van der Waals surface area contributed by atoms with Crippen molar-refractivity contribution in [3.63, 3.8) is 0 Å². The van der Waals surface area contributed by atoms with E-state index in [0.717, 1.165) is 24.8 Å². The maximum Gasteiger partial charge on any atom is 0.128 e. The Balaban J connectivity index is 1.44. The van der Waals surface area contributed by atoms with Crippen LogP contribution in [0.1, 0.15) is 66.7 Å². The van der Waals surface area contributed by atoms with Crippen LogP contribution in [0.2, 0.25) is 5.02 Å². The minimum absolute atomic E-state index is 0.0297. The number of rotatable bonds is 9. The molecule has 2 aromatic heterocycles. The molecule has 7 nitrogen and oxygen atoms in total. The second-order valence-electron chi connectivity index (χ2n) is 9.98. The molecule has 5 aromatic rings. The zero-order valence-electron chi connectivity index (χ0n) is 21.9. The zero-order valence-corrected chi connectivity index (χ0v) is 22.6. The van der Waals surface area contributed by atoms with Gasteiger partial charge in [-0.1, -0.05) is 72.3 Å². The lowest BCUT2D eigenvalue weighted by Gasteiger charge is -2.22. The van der Waals surface area contributed by atoms with E-state index in [1.807, 2.05) is 35.1 Å². The summed E-state index contributed by atoms with van der Waals surface area (Å²) in [5.74, 6) is -0.350. The van der Waals surface area contributed by atoms with Gasteiger partial charge in [-0.2, -0.15) is 5.26 Å². The molecule has 0 radical (unpaired) electrons. The zero-order chi connectivity index (χ0) is 27.6. The lowest BCUT2D eigenvalue weighted by atomic mass is 10.0. The summed E-state index contributed by atoms with van der Waals surface area (Å²) < 4.78 is 16.9. The Hall–Kier alpha value is -4.48. The molecule has 1 aliphatic rings. The highest BCUT2D eigenvalue weighted by molar-refractivity contribution is 6.35. The molecule has 0 spiro atoms. The summed E-state index contributed by atoms with van der Waals surface area (Å²) in [6, 6.07) is 22.3. The van der Waals surface area contributed by atoms with Gasteiger partial charge in [0, 0.05) is 22.8 Å². The molecule has 6 rings (SSSR count). The van der Waals surface area contributed by atoms with E-state index in [0.29, 0.717) is 50.2 Å². The number of fused-ring (bicyclic) bond motifs is 1. The molecule has 200 valence electrons. The summed E-state index contributed by atoms with van der Waals surface area (Å²) in [5, 5.41) is 26.8. The highest BCUT2D eigenvalue weighted by Gasteiger charge is 2.28. The summed E-state index contributed by atoms with van der Waals surface area (Å²) in [5.41, 5.74) is 4.42. The molecule has 1 saturated carbocycles. The minimum Gasteiger partial charge on any atom is -0.377 e. The van der Waals surface area contributed by atoms with Crippen LogP contribution in [0.3, 0.4) is 0 Å². The maximum atomic E-state index is 15.1. The van der Waals surface area contributed by atoms with Gasteiger partial charge in [-0.15, -0.1) is 5.10 Å². The van der Waals surface area contributed by atoms with Gasteiger partial charge in [0.05, 0.1) is 40.1 Å². The van der Waals surface area contributed by atoms with Gasteiger partial charge in [0.2, 0.25) is 0 Å². The molecule has 40 heavy (non-hydrogen) atoms. The monoisotopic (exact) mass is 551 g/mol. The Morgan fingerprint density at radius 3 is 2.60 bits per heavy atom. The Morgan fingerprint density at radius 2 is 1.88 bits per heavy atom. The summed E-state index contributed by atoms with van der Waals surface area (Å²) in [4.78, 5) is 4.49. The van der Waals surface area contributed by atoms with Crippen molar-refractivity contribution in [2.45, 2.75) is 44.3 Å². The van der Waals surface area contributed by atoms with Crippen molar-refractivity contribution in [2.75, 3.05) is 10.6 Å².